The van der Waals surface area contributed by atoms with Gasteiger partial charge in [0.2, 0.25) is 17.5 Å². The summed E-state index contributed by atoms with van der Waals surface area (Å²) in [6.07, 6.45) is 3.77. The van der Waals surface area contributed by atoms with Crippen LogP contribution in [0.3, 0.4) is 0 Å². The maximum atomic E-state index is 14.3. The van der Waals surface area contributed by atoms with Crippen LogP contribution >= 0.6 is 0 Å². The first kappa shape index (κ1) is 19.0. The summed E-state index contributed by atoms with van der Waals surface area (Å²) >= 11 is 0. The monoisotopic (exact) mass is 377 g/mol. The van der Waals surface area contributed by atoms with Crippen molar-refractivity contribution < 1.29 is 18.3 Å². The van der Waals surface area contributed by atoms with Gasteiger partial charge in [0.1, 0.15) is 17.3 Å². The molecule has 0 saturated heterocycles. The average molecular weight is 377 g/mol. The highest BCUT2D eigenvalue weighted by molar-refractivity contribution is 5.97. The number of H-pyrrole nitrogens is 1. The predicted octanol–water partition coefficient (Wildman–Crippen LogP) is 2.46. The second kappa shape index (κ2) is 7.43. The van der Waals surface area contributed by atoms with Crippen molar-refractivity contribution in [1.82, 2.24) is 15.0 Å². The summed E-state index contributed by atoms with van der Waals surface area (Å²) < 4.78 is 34.0. The highest BCUT2D eigenvalue weighted by Crippen LogP contribution is 2.40. The summed E-state index contributed by atoms with van der Waals surface area (Å²) in [6.45, 7) is 3.80. The number of carbonyl (C=O) groups excluding carboxylic acids is 1. The lowest BCUT2D eigenvalue weighted by Gasteiger charge is -2.34. The average Bonchev–Trinajstić information content (AvgIpc) is 3.30. The van der Waals surface area contributed by atoms with Crippen LogP contribution in [0.5, 0.6) is 0 Å². The molecule has 3 N–H and O–H groups in total. The van der Waals surface area contributed by atoms with Gasteiger partial charge in [-0.05, 0) is 31.2 Å². The van der Waals surface area contributed by atoms with Crippen LogP contribution in [-0.2, 0) is 15.3 Å². The number of aromatic amines is 1. The van der Waals surface area contributed by atoms with Gasteiger partial charge in [-0.3, -0.25) is 4.79 Å². The molecule has 3 rings (SSSR count). The zero-order chi connectivity index (χ0) is 19.6. The molecule has 0 fully saturated rings. The van der Waals surface area contributed by atoms with Crippen molar-refractivity contribution in [3.05, 3.63) is 53.6 Å². The molecule has 144 valence electrons. The molecule has 0 saturated carbocycles. The lowest BCUT2D eigenvalue weighted by Crippen LogP contribution is -2.47. The van der Waals surface area contributed by atoms with E-state index in [1.54, 1.807) is 13.8 Å². The number of hydrazone groups is 1. The zero-order valence-electron chi connectivity index (χ0n) is 15.1. The molecule has 2 aromatic rings. The minimum atomic E-state index is -1.36. The van der Waals surface area contributed by atoms with Crippen LogP contribution in [0.15, 0.2) is 35.8 Å². The first-order chi connectivity index (χ1) is 12.9. The van der Waals surface area contributed by atoms with Crippen LogP contribution in [0.1, 0.15) is 37.9 Å². The van der Waals surface area contributed by atoms with Crippen molar-refractivity contribution in [2.45, 2.75) is 32.4 Å². The van der Waals surface area contributed by atoms with Crippen LogP contribution in [0, 0.1) is 17.6 Å². The van der Waals surface area contributed by atoms with Crippen molar-refractivity contribution in [3.8, 4) is 0 Å². The molecular weight excluding hydrogens is 356 g/mol. The number of hydrogen-bond donors (Lipinski definition) is 2. The summed E-state index contributed by atoms with van der Waals surface area (Å²) in [7, 11) is 0. The highest BCUT2D eigenvalue weighted by atomic mass is 19.1. The molecule has 7 nitrogen and oxygen atoms in total. The van der Waals surface area contributed by atoms with Gasteiger partial charge in [0.05, 0.1) is 18.1 Å². The molecule has 27 heavy (non-hydrogen) atoms. The van der Waals surface area contributed by atoms with E-state index in [-0.39, 0.29) is 17.4 Å². The maximum Gasteiger partial charge on any atom is 0.249 e. The van der Waals surface area contributed by atoms with Crippen molar-refractivity contribution in [3.63, 3.8) is 0 Å². The number of imidazole rings is 1. The fraction of sp³-hybridized carbons (Fsp3) is 0.389. The third-order valence-corrected chi connectivity index (χ3v) is 4.30. The van der Waals surface area contributed by atoms with Gasteiger partial charge in [-0.15, -0.1) is 5.10 Å². The van der Waals surface area contributed by atoms with E-state index in [0.717, 1.165) is 18.2 Å². The Balaban J connectivity index is 2.12. The van der Waals surface area contributed by atoms with Crippen molar-refractivity contribution >= 4 is 11.8 Å². The quantitative estimate of drug-likeness (QED) is 0.808. The van der Waals surface area contributed by atoms with E-state index >= 15 is 0 Å². The minimum Gasteiger partial charge on any atom is -0.441 e. The number of amides is 1. The number of halogens is 2. The number of carbonyl (C=O) groups is 1. The van der Waals surface area contributed by atoms with Crippen molar-refractivity contribution in [2.24, 2.45) is 16.8 Å². The number of aromatic nitrogens is 2. The van der Waals surface area contributed by atoms with E-state index in [4.69, 9.17) is 10.5 Å². The number of hydrogen-bond acceptors (Lipinski definition) is 5. The van der Waals surface area contributed by atoms with Gasteiger partial charge < -0.3 is 15.5 Å². The number of nitrogens with zero attached hydrogens (tertiary/aromatic N) is 3. The Labute approximate surface area is 155 Å². The summed E-state index contributed by atoms with van der Waals surface area (Å²) in [5.41, 5.74) is 4.61. The predicted molar refractivity (Wildman–Crippen MR) is 94.2 cm³/mol. The van der Waals surface area contributed by atoms with Gasteiger partial charge in [-0.1, -0.05) is 13.8 Å². The number of benzene rings is 1. The molecule has 2 heterocycles. The molecular formula is C18H21F2N5O2. The molecule has 9 heteroatoms. The van der Waals surface area contributed by atoms with Crippen molar-refractivity contribution in [2.75, 3.05) is 6.54 Å². The standard InChI is InChI=1S/C18H21F2N5O2/c1-11(2)17(26)25-18(6-3-7-21,15-9-22-10-23-15)27-16(24-25)13-8-12(19)4-5-14(13)20/h4-5,8-11H,3,6-7,21H2,1-2H3,(H,22,23). The largest absolute Gasteiger partial charge is 0.441 e. The molecule has 0 aliphatic carbocycles. The van der Waals surface area contributed by atoms with E-state index in [1.807, 2.05) is 0 Å². The number of rotatable bonds is 6. The molecule has 0 bridgehead atoms. The molecule has 1 aliphatic heterocycles. The summed E-state index contributed by atoms with van der Waals surface area (Å²) in [5.74, 6) is -2.23. The second-order valence-electron chi connectivity index (χ2n) is 6.58. The van der Waals surface area contributed by atoms with Crippen LogP contribution < -0.4 is 5.73 Å². The van der Waals surface area contributed by atoms with Crippen LogP contribution in [0.2, 0.25) is 0 Å². The molecule has 1 atom stereocenters. The summed E-state index contributed by atoms with van der Waals surface area (Å²) in [4.78, 5) is 19.8. The topological polar surface area (TPSA) is 96.6 Å². The Morgan fingerprint density at radius 1 is 1.41 bits per heavy atom. The van der Waals surface area contributed by atoms with E-state index in [2.05, 4.69) is 15.1 Å². The van der Waals surface area contributed by atoms with Gasteiger partial charge in [0.15, 0.2) is 0 Å². The molecule has 1 aliphatic rings. The summed E-state index contributed by atoms with van der Waals surface area (Å²) in [5, 5.41) is 5.41. The normalized spacial score (nSPS) is 19.3. The fourth-order valence-electron chi connectivity index (χ4n) is 2.91. The maximum absolute atomic E-state index is 14.3. The first-order valence-corrected chi connectivity index (χ1v) is 8.65. The van der Waals surface area contributed by atoms with E-state index in [1.165, 1.54) is 17.5 Å². The van der Waals surface area contributed by atoms with Gasteiger partial charge in [-0.2, -0.15) is 5.01 Å². The first-order valence-electron chi connectivity index (χ1n) is 8.65. The lowest BCUT2D eigenvalue weighted by atomic mass is 10.0. The molecule has 1 aromatic heterocycles. The van der Waals surface area contributed by atoms with Gasteiger partial charge >= 0.3 is 0 Å². The summed E-state index contributed by atoms with van der Waals surface area (Å²) in [6, 6.07) is 2.97. The van der Waals surface area contributed by atoms with E-state index in [0.29, 0.717) is 25.1 Å². The van der Waals surface area contributed by atoms with E-state index < -0.39 is 23.3 Å². The minimum absolute atomic E-state index is 0.161. The Hall–Kier alpha value is -2.81. The molecule has 1 unspecified atom stereocenters. The SMILES string of the molecule is CC(C)C(=O)N1N=C(c2cc(F)ccc2F)OC1(CCCN)c1cnc[nH]1. The number of ether oxygens (including phenoxy) is 1. The highest BCUT2D eigenvalue weighted by Gasteiger charge is 2.51. The molecule has 1 amide bonds. The third kappa shape index (κ3) is 3.42. The Morgan fingerprint density at radius 3 is 2.81 bits per heavy atom. The number of nitrogens with two attached hydrogens (primary N) is 1. The van der Waals surface area contributed by atoms with Crippen LogP contribution in [-0.4, -0.2) is 33.3 Å². The van der Waals surface area contributed by atoms with Gasteiger partial charge in [0.25, 0.3) is 0 Å². The van der Waals surface area contributed by atoms with Crippen LogP contribution in [0.4, 0.5) is 8.78 Å². The van der Waals surface area contributed by atoms with Crippen LogP contribution in [0.25, 0.3) is 0 Å². The fourth-order valence-corrected chi connectivity index (χ4v) is 2.91. The zero-order valence-corrected chi connectivity index (χ0v) is 15.1. The third-order valence-electron chi connectivity index (χ3n) is 4.30. The Bertz CT molecular complexity index is 853. The second-order valence-corrected chi connectivity index (χ2v) is 6.58. The Kier molecular flexibility index (Phi) is 5.22. The lowest BCUT2D eigenvalue weighted by molar-refractivity contribution is -0.156. The number of nitrogens with one attached hydrogen (secondary N) is 1. The van der Waals surface area contributed by atoms with Gasteiger partial charge in [0, 0.05) is 12.3 Å². The van der Waals surface area contributed by atoms with E-state index in [9.17, 15) is 13.6 Å². The Morgan fingerprint density at radius 2 is 2.19 bits per heavy atom. The van der Waals surface area contributed by atoms with Gasteiger partial charge in [-0.25, -0.2) is 13.8 Å². The molecule has 0 radical (unpaired) electrons. The van der Waals surface area contributed by atoms with Crippen molar-refractivity contribution in [1.29, 1.82) is 0 Å². The molecule has 0 spiro atoms. The smallest absolute Gasteiger partial charge is 0.249 e. The molecule has 1 aromatic carbocycles.